The molecule has 1 aromatic rings. The van der Waals surface area contributed by atoms with E-state index in [1.54, 1.807) is 6.07 Å². The lowest BCUT2D eigenvalue weighted by atomic mass is 10.3. The van der Waals surface area contributed by atoms with E-state index < -0.39 is 4.92 Å². The zero-order chi connectivity index (χ0) is 14.1. The summed E-state index contributed by atoms with van der Waals surface area (Å²) in [5, 5.41) is 25.6. The van der Waals surface area contributed by atoms with E-state index in [0.29, 0.717) is 18.8 Å². The van der Waals surface area contributed by atoms with Crippen LogP contribution in [0.2, 0.25) is 0 Å². The molecule has 0 aromatic carbocycles. The Bertz CT molecular complexity index is 412. The van der Waals surface area contributed by atoms with Crippen molar-refractivity contribution in [1.82, 2.24) is 4.98 Å². The number of rotatable bonds is 9. The number of aromatic nitrogens is 1. The van der Waals surface area contributed by atoms with Crippen LogP contribution in [0.1, 0.15) is 26.2 Å². The number of hydrogen-bond acceptors (Lipinski definition) is 6. The van der Waals surface area contributed by atoms with Gasteiger partial charge in [0.15, 0.2) is 0 Å². The van der Waals surface area contributed by atoms with Gasteiger partial charge in [0.05, 0.1) is 4.92 Å². The SMILES string of the molecule is CCCNc1ccc([N+](=O)[O-])c(NCCCCO)n1. The van der Waals surface area contributed by atoms with Gasteiger partial charge in [-0.25, -0.2) is 4.98 Å². The number of unbranched alkanes of at least 4 members (excludes halogenated alkanes) is 1. The van der Waals surface area contributed by atoms with Crippen LogP contribution in [0, 0.1) is 10.1 Å². The molecule has 0 fully saturated rings. The van der Waals surface area contributed by atoms with E-state index in [1.807, 2.05) is 6.92 Å². The van der Waals surface area contributed by atoms with Gasteiger partial charge in [-0.1, -0.05) is 6.92 Å². The van der Waals surface area contributed by atoms with Crippen molar-refractivity contribution in [3.05, 3.63) is 22.2 Å². The second-order valence-electron chi connectivity index (χ2n) is 4.11. The van der Waals surface area contributed by atoms with Crippen LogP contribution in [0.5, 0.6) is 0 Å². The Kier molecular flexibility index (Phi) is 6.59. The monoisotopic (exact) mass is 268 g/mol. The summed E-state index contributed by atoms with van der Waals surface area (Å²) in [6.45, 7) is 3.47. The Morgan fingerprint density at radius 3 is 2.74 bits per heavy atom. The third-order valence-corrected chi connectivity index (χ3v) is 2.50. The van der Waals surface area contributed by atoms with E-state index in [2.05, 4.69) is 15.6 Å². The Hall–Kier alpha value is -1.89. The maximum atomic E-state index is 10.9. The highest BCUT2D eigenvalue weighted by molar-refractivity contribution is 5.60. The maximum Gasteiger partial charge on any atom is 0.311 e. The minimum absolute atomic E-state index is 0.0361. The minimum Gasteiger partial charge on any atom is -0.396 e. The second-order valence-corrected chi connectivity index (χ2v) is 4.11. The van der Waals surface area contributed by atoms with Gasteiger partial charge in [-0.05, 0) is 25.3 Å². The summed E-state index contributed by atoms with van der Waals surface area (Å²) in [6.07, 6.45) is 2.36. The molecule has 0 saturated heterocycles. The molecule has 3 N–H and O–H groups in total. The van der Waals surface area contributed by atoms with E-state index in [4.69, 9.17) is 5.11 Å². The highest BCUT2D eigenvalue weighted by atomic mass is 16.6. The summed E-state index contributed by atoms with van der Waals surface area (Å²) in [4.78, 5) is 14.7. The summed E-state index contributed by atoms with van der Waals surface area (Å²) in [5.41, 5.74) is -0.0361. The molecule has 0 unspecified atom stereocenters. The van der Waals surface area contributed by atoms with Gasteiger partial charge < -0.3 is 15.7 Å². The molecular weight excluding hydrogens is 248 g/mol. The molecule has 1 rings (SSSR count). The number of hydrogen-bond donors (Lipinski definition) is 3. The van der Waals surface area contributed by atoms with E-state index in [1.165, 1.54) is 6.07 Å². The van der Waals surface area contributed by atoms with E-state index in [0.717, 1.165) is 19.4 Å². The third kappa shape index (κ3) is 5.09. The highest BCUT2D eigenvalue weighted by Gasteiger charge is 2.15. The Labute approximate surface area is 112 Å². The summed E-state index contributed by atoms with van der Waals surface area (Å²) >= 11 is 0. The van der Waals surface area contributed by atoms with Crippen molar-refractivity contribution in [2.75, 3.05) is 30.3 Å². The lowest BCUT2D eigenvalue weighted by Crippen LogP contribution is -2.09. The fraction of sp³-hybridized carbons (Fsp3) is 0.583. The fourth-order valence-corrected chi connectivity index (χ4v) is 1.52. The zero-order valence-electron chi connectivity index (χ0n) is 11.1. The predicted molar refractivity (Wildman–Crippen MR) is 74.5 cm³/mol. The topological polar surface area (TPSA) is 100 Å². The first-order valence-corrected chi connectivity index (χ1v) is 6.43. The van der Waals surface area contributed by atoms with Crippen molar-refractivity contribution in [2.24, 2.45) is 0 Å². The number of nitrogens with zero attached hydrogens (tertiary/aromatic N) is 2. The van der Waals surface area contributed by atoms with E-state index in [-0.39, 0.29) is 18.1 Å². The fourth-order valence-electron chi connectivity index (χ4n) is 1.52. The molecule has 7 heteroatoms. The van der Waals surface area contributed by atoms with Gasteiger partial charge >= 0.3 is 5.69 Å². The van der Waals surface area contributed by atoms with Crippen LogP contribution in [-0.2, 0) is 0 Å². The number of aliphatic hydroxyl groups is 1. The van der Waals surface area contributed by atoms with Crippen molar-refractivity contribution in [2.45, 2.75) is 26.2 Å². The Morgan fingerprint density at radius 1 is 1.32 bits per heavy atom. The molecule has 0 amide bonds. The number of nitro groups is 1. The summed E-state index contributed by atoms with van der Waals surface area (Å²) in [5.74, 6) is 0.890. The van der Waals surface area contributed by atoms with Gasteiger partial charge in [0, 0.05) is 25.8 Å². The first-order chi connectivity index (χ1) is 9.19. The van der Waals surface area contributed by atoms with Crippen LogP contribution in [-0.4, -0.2) is 34.7 Å². The van der Waals surface area contributed by atoms with Crippen LogP contribution in [0.15, 0.2) is 12.1 Å². The minimum atomic E-state index is -0.453. The highest BCUT2D eigenvalue weighted by Crippen LogP contribution is 2.23. The quantitative estimate of drug-likeness (QED) is 0.360. The average Bonchev–Trinajstić information content (AvgIpc) is 2.41. The molecule has 0 saturated carbocycles. The number of anilines is 2. The molecular formula is C12H20N4O3. The molecule has 0 atom stereocenters. The molecule has 0 spiro atoms. The van der Waals surface area contributed by atoms with Crippen LogP contribution in [0.4, 0.5) is 17.3 Å². The molecule has 1 aromatic heterocycles. The number of aliphatic hydroxyl groups excluding tert-OH is 1. The van der Waals surface area contributed by atoms with Crippen molar-refractivity contribution in [1.29, 1.82) is 0 Å². The molecule has 0 aliphatic heterocycles. The molecule has 0 bridgehead atoms. The predicted octanol–water partition coefficient (Wildman–Crippen LogP) is 2.00. The van der Waals surface area contributed by atoms with Crippen LogP contribution in [0.3, 0.4) is 0 Å². The molecule has 0 aliphatic carbocycles. The van der Waals surface area contributed by atoms with Crippen molar-refractivity contribution >= 4 is 17.3 Å². The molecule has 19 heavy (non-hydrogen) atoms. The Balaban J connectivity index is 2.74. The van der Waals surface area contributed by atoms with Crippen molar-refractivity contribution in [3.8, 4) is 0 Å². The largest absolute Gasteiger partial charge is 0.396 e. The van der Waals surface area contributed by atoms with Gasteiger partial charge in [0.1, 0.15) is 5.82 Å². The normalized spacial score (nSPS) is 10.2. The lowest BCUT2D eigenvalue weighted by molar-refractivity contribution is -0.384. The van der Waals surface area contributed by atoms with Crippen molar-refractivity contribution < 1.29 is 10.0 Å². The first kappa shape index (κ1) is 15.2. The molecule has 106 valence electrons. The standard InChI is InChI=1S/C12H20N4O3/c1-2-7-13-11-6-5-10(16(18)19)12(15-11)14-8-3-4-9-17/h5-6,17H,2-4,7-9H2,1H3,(H2,13,14,15). The maximum absolute atomic E-state index is 10.9. The van der Waals surface area contributed by atoms with Gasteiger partial charge in [0.25, 0.3) is 0 Å². The van der Waals surface area contributed by atoms with Crippen LogP contribution in [0.25, 0.3) is 0 Å². The number of pyridine rings is 1. The van der Waals surface area contributed by atoms with Gasteiger partial charge in [0.2, 0.25) is 5.82 Å². The van der Waals surface area contributed by atoms with Gasteiger partial charge in [-0.2, -0.15) is 0 Å². The molecule has 1 heterocycles. The van der Waals surface area contributed by atoms with E-state index in [9.17, 15) is 10.1 Å². The molecule has 0 aliphatic rings. The smallest absolute Gasteiger partial charge is 0.311 e. The second kappa shape index (κ2) is 8.25. The average molecular weight is 268 g/mol. The summed E-state index contributed by atoms with van der Waals surface area (Å²) in [6, 6.07) is 3.05. The van der Waals surface area contributed by atoms with Crippen molar-refractivity contribution in [3.63, 3.8) is 0 Å². The molecule has 7 nitrogen and oxygen atoms in total. The summed E-state index contributed by atoms with van der Waals surface area (Å²) < 4.78 is 0. The zero-order valence-corrected chi connectivity index (χ0v) is 11.1. The van der Waals surface area contributed by atoms with Gasteiger partial charge in [-0.3, -0.25) is 10.1 Å². The third-order valence-electron chi connectivity index (χ3n) is 2.50. The summed E-state index contributed by atoms with van der Waals surface area (Å²) in [7, 11) is 0. The van der Waals surface area contributed by atoms with Gasteiger partial charge in [-0.15, -0.1) is 0 Å². The first-order valence-electron chi connectivity index (χ1n) is 6.43. The van der Waals surface area contributed by atoms with Crippen LogP contribution >= 0.6 is 0 Å². The Morgan fingerprint density at radius 2 is 2.11 bits per heavy atom. The van der Waals surface area contributed by atoms with Crippen LogP contribution < -0.4 is 10.6 Å². The lowest BCUT2D eigenvalue weighted by Gasteiger charge is -2.09. The number of nitrogens with one attached hydrogen (secondary N) is 2. The van der Waals surface area contributed by atoms with E-state index >= 15 is 0 Å². The molecule has 0 radical (unpaired) electrons.